The highest BCUT2D eigenvalue weighted by atomic mass is 35.5. The molecule has 0 spiro atoms. The van der Waals surface area contributed by atoms with Crippen molar-refractivity contribution in [2.24, 2.45) is 0 Å². The highest BCUT2D eigenvalue weighted by Crippen LogP contribution is 2.40. The van der Waals surface area contributed by atoms with Gasteiger partial charge in [0.05, 0.1) is 22.4 Å². The number of aromatic carboxylic acids is 1. The summed E-state index contributed by atoms with van der Waals surface area (Å²) in [6.07, 6.45) is -10.2. The van der Waals surface area contributed by atoms with Gasteiger partial charge in [-0.25, -0.2) is 4.79 Å². The number of nitrogens with one attached hydrogen (secondary N) is 1. The Kier molecular flexibility index (Phi) is 8.03. The van der Waals surface area contributed by atoms with E-state index in [0.29, 0.717) is 22.8 Å². The smallest absolute Gasteiger partial charge is 0.418 e. The van der Waals surface area contributed by atoms with E-state index in [0.717, 1.165) is 23.9 Å². The van der Waals surface area contributed by atoms with Gasteiger partial charge in [-0.3, -0.25) is 4.79 Å². The number of carboxylic acids is 1. The minimum absolute atomic E-state index is 0.0436. The molecule has 5 nitrogen and oxygen atoms in total. The number of anilines is 4. The van der Waals surface area contributed by atoms with E-state index in [4.69, 9.17) is 11.6 Å². The summed E-state index contributed by atoms with van der Waals surface area (Å²) < 4.78 is 79.9. The van der Waals surface area contributed by atoms with Crippen LogP contribution in [0.1, 0.15) is 37.4 Å². The number of rotatable bonds is 7. The van der Waals surface area contributed by atoms with Crippen molar-refractivity contribution in [2.45, 2.75) is 12.4 Å². The van der Waals surface area contributed by atoms with Crippen LogP contribution < -0.4 is 10.2 Å². The SMILES string of the molecule is CN(c1ccc(Cl)cc1)c1ccc(C(=O)c2cc(Nc3ccc(C(F)(F)F)cc3C(F)(F)F)cc(C(=O)O)c2)cc1. The lowest BCUT2D eigenvalue weighted by molar-refractivity contribution is -0.142. The first-order valence-electron chi connectivity index (χ1n) is 11.7. The van der Waals surface area contributed by atoms with Gasteiger partial charge in [0.25, 0.3) is 0 Å². The first kappa shape index (κ1) is 29.5. The molecule has 212 valence electrons. The Morgan fingerprint density at radius 2 is 1.29 bits per heavy atom. The van der Waals surface area contributed by atoms with Crippen LogP contribution in [0, 0.1) is 0 Å². The Labute approximate surface area is 234 Å². The summed E-state index contributed by atoms with van der Waals surface area (Å²) in [7, 11) is 1.80. The first-order chi connectivity index (χ1) is 19.1. The first-order valence-corrected chi connectivity index (χ1v) is 12.1. The number of alkyl halides is 6. The maximum atomic E-state index is 13.6. The highest BCUT2D eigenvalue weighted by Gasteiger charge is 2.38. The topological polar surface area (TPSA) is 69.6 Å². The Balaban J connectivity index is 1.66. The van der Waals surface area contributed by atoms with Crippen LogP contribution in [0.4, 0.5) is 49.1 Å². The fourth-order valence-corrected chi connectivity index (χ4v) is 4.12. The number of ketones is 1. The molecule has 0 aliphatic rings. The van der Waals surface area contributed by atoms with E-state index in [1.54, 1.807) is 43.4 Å². The molecule has 0 saturated carbocycles. The molecule has 0 amide bonds. The molecule has 0 bridgehead atoms. The normalized spacial score (nSPS) is 11.7. The van der Waals surface area contributed by atoms with Gasteiger partial charge >= 0.3 is 18.3 Å². The maximum absolute atomic E-state index is 13.6. The van der Waals surface area contributed by atoms with Gasteiger partial charge in [-0.1, -0.05) is 11.6 Å². The lowest BCUT2D eigenvalue weighted by Gasteiger charge is -2.20. The van der Waals surface area contributed by atoms with Crippen molar-refractivity contribution in [1.82, 2.24) is 0 Å². The van der Waals surface area contributed by atoms with E-state index < -0.39 is 46.5 Å². The third-order valence-electron chi connectivity index (χ3n) is 6.10. The minimum Gasteiger partial charge on any atom is -0.478 e. The fraction of sp³-hybridized carbons (Fsp3) is 0.103. The molecular weight excluding hydrogens is 574 g/mol. The van der Waals surface area contributed by atoms with Crippen molar-refractivity contribution in [2.75, 3.05) is 17.3 Å². The molecule has 0 aromatic heterocycles. The molecule has 2 N–H and O–H groups in total. The van der Waals surface area contributed by atoms with Crippen LogP contribution in [0.5, 0.6) is 0 Å². The average molecular weight is 593 g/mol. The lowest BCUT2D eigenvalue weighted by atomic mass is 9.99. The van der Waals surface area contributed by atoms with E-state index in [-0.39, 0.29) is 22.9 Å². The second kappa shape index (κ2) is 11.2. The lowest BCUT2D eigenvalue weighted by Crippen LogP contribution is -2.13. The van der Waals surface area contributed by atoms with Gasteiger partial charge in [0.15, 0.2) is 5.78 Å². The van der Waals surface area contributed by atoms with Crippen molar-refractivity contribution in [3.8, 4) is 0 Å². The number of carbonyl (C=O) groups is 2. The van der Waals surface area contributed by atoms with E-state index >= 15 is 0 Å². The Hall–Kier alpha value is -4.51. The van der Waals surface area contributed by atoms with Gasteiger partial charge in [-0.05, 0) is 84.9 Å². The summed E-state index contributed by atoms with van der Waals surface area (Å²) in [5.41, 5.74) is -2.98. The van der Waals surface area contributed by atoms with Crippen LogP contribution in [0.2, 0.25) is 5.02 Å². The standard InChI is InChI=1S/C29H19ClF6N2O3/c1-38(23-9-5-20(30)6-10-23)22-7-2-16(3-8-22)26(39)17-12-18(27(40)41)14-21(13-17)37-25-11-4-19(28(31,32)33)15-24(25)29(34,35)36/h2-15,37H,1H3,(H,40,41). The zero-order valence-corrected chi connectivity index (χ0v) is 21.7. The van der Waals surface area contributed by atoms with Gasteiger partial charge in [0.2, 0.25) is 0 Å². The summed E-state index contributed by atoms with van der Waals surface area (Å²) in [5.74, 6) is -2.09. The molecule has 4 rings (SSSR count). The predicted molar refractivity (Wildman–Crippen MR) is 143 cm³/mol. The summed E-state index contributed by atoms with van der Waals surface area (Å²) in [4.78, 5) is 26.8. The molecule has 0 aliphatic heterocycles. The zero-order valence-electron chi connectivity index (χ0n) is 20.9. The van der Waals surface area contributed by atoms with Crippen LogP contribution in [-0.2, 0) is 12.4 Å². The van der Waals surface area contributed by atoms with Crippen molar-refractivity contribution in [3.05, 3.63) is 118 Å². The summed E-state index contributed by atoms with van der Waals surface area (Å²) in [5, 5.41) is 12.4. The Morgan fingerprint density at radius 1 is 0.732 bits per heavy atom. The molecule has 0 heterocycles. The maximum Gasteiger partial charge on any atom is 0.418 e. The van der Waals surface area contributed by atoms with E-state index in [1.807, 2.05) is 4.90 Å². The quantitative estimate of drug-likeness (QED) is 0.166. The Bertz CT molecular complexity index is 1600. The molecular formula is C29H19ClF6N2O3. The number of hydrogen-bond acceptors (Lipinski definition) is 4. The zero-order chi connectivity index (χ0) is 30.1. The third kappa shape index (κ3) is 6.80. The van der Waals surface area contributed by atoms with E-state index in [2.05, 4.69) is 5.32 Å². The van der Waals surface area contributed by atoms with Crippen LogP contribution in [0.15, 0.2) is 84.9 Å². The largest absolute Gasteiger partial charge is 0.478 e. The fourth-order valence-electron chi connectivity index (χ4n) is 3.99. The molecule has 12 heteroatoms. The van der Waals surface area contributed by atoms with Crippen LogP contribution in [0.25, 0.3) is 0 Å². The third-order valence-corrected chi connectivity index (χ3v) is 6.36. The molecule has 0 radical (unpaired) electrons. The van der Waals surface area contributed by atoms with Crippen molar-refractivity contribution < 1.29 is 41.0 Å². The monoisotopic (exact) mass is 592 g/mol. The summed E-state index contributed by atoms with van der Waals surface area (Å²) in [6, 6.07) is 17.5. The van der Waals surface area contributed by atoms with Crippen molar-refractivity contribution in [1.29, 1.82) is 0 Å². The van der Waals surface area contributed by atoms with Crippen LogP contribution in [0.3, 0.4) is 0 Å². The predicted octanol–water partition coefficient (Wildman–Crippen LogP) is 8.82. The number of carboxylic acid groups (broad SMARTS) is 1. The van der Waals surface area contributed by atoms with E-state index in [1.165, 1.54) is 12.1 Å². The highest BCUT2D eigenvalue weighted by molar-refractivity contribution is 6.30. The molecule has 0 saturated heterocycles. The van der Waals surface area contributed by atoms with Gasteiger partial charge in [-0.2, -0.15) is 26.3 Å². The minimum atomic E-state index is -5.16. The van der Waals surface area contributed by atoms with E-state index in [9.17, 15) is 41.0 Å². The van der Waals surface area contributed by atoms with Gasteiger partial charge in [0, 0.05) is 40.3 Å². The number of carbonyl (C=O) groups excluding carboxylic acids is 1. The molecule has 0 aliphatic carbocycles. The van der Waals surface area contributed by atoms with Crippen molar-refractivity contribution >= 4 is 46.1 Å². The second-order valence-electron chi connectivity index (χ2n) is 8.90. The number of halogens is 7. The molecule has 41 heavy (non-hydrogen) atoms. The molecule has 0 atom stereocenters. The van der Waals surface area contributed by atoms with Gasteiger partial charge < -0.3 is 15.3 Å². The second-order valence-corrected chi connectivity index (χ2v) is 9.33. The molecule has 4 aromatic rings. The van der Waals surface area contributed by atoms with Gasteiger partial charge in [-0.15, -0.1) is 0 Å². The number of nitrogens with zero attached hydrogens (tertiary/aromatic N) is 1. The number of hydrogen-bond donors (Lipinski definition) is 2. The van der Waals surface area contributed by atoms with Crippen LogP contribution >= 0.6 is 11.6 Å². The molecule has 0 fully saturated rings. The van der Waals surface area contributed by atoms with Crippen molar-refractivity contribution in [3.63, 3.8) is 0 Å². The van der Waals surface area contributed by atoms with Gasteiger partial charge in [0.1, 0.15) is 0 Å². The molecule has 0 unspecified atom stereocenters. The Morgan fingerprint density at radius 3 is 1.83 bits per heavy atom. The van der Waals surface area contributed by atoms with Crippen LogP contribution in [-0.4, -0.2) is 23.9 Å². The average Bonchev–Trinajstić information content (AvgIpc) is 2.91. The summed E-state index contributed by atoms with van der Waals surface area (Å²) in [6.45, 7) is 0. The number of benzene rings is 4. The summed E-state index contributed by atoms with van der Waals surface area (Å²) >= 11 is 5.93. The molecule has 4 aromatic carbocycles.